The first-order valence-electron chi connectivity index (χ1n) is 8.81. The standard InChI is InChI=1S/C19H24FN3/c20-16-8-6-15(7-9-16)12-19-21-13-18-14-22(10-11-23(18)19)17-4-2-1-3-5-17/h6-9,13,17H,1-5,10-12,14H2. The van der Waals surface area contributed by atoms with Crippen LogP contribution in [0.3, 0.4) is 0 Å². The van der Waals surface area contributed by atoms with Gasteiger partial charge in [-0.2, -0.15) is 0 Å². The van der Waals surface area contributed by atoms with Gasteiger partial charge in [-0.15, -0.1) is 0 Å². The van der Waals surface area contributed by atoms with Gasteiger partial charge in [0.2, 0.25) is 0 Å². The Morgan fingerprint density at radius 1 is 1.04 bits per heavy atom. The Bertz CT molecular complexity index is 656. The molecule has 0 radical (unpaired) electrons. The van der Waals surface area contributed by atoms with Crippen LogP contribution in [0.2, 0.25) is 0 Å². The summed E-state index contributed by atoms with van der Waals surface area (Å²) in [7, 11) is 0. The molecule has 2 heterocycles. The first kappa shape index (κ1) is 14.9. The maximum Gasteiger partial charge on any atom is 0.123 e. The lowest BCUT2D eigenvalue weighted by Crippen LogP contribution is -2.42. The molecule has 0 amide bonds. The largest absolute Gasteiger partial charge is 0.329 e. The summed E-state index contributed by atoms with van der Waals surface area (Å²) in [6.45, 7) is 3.19. The highest BCUT2D eigenvalue weighted by atomic mass is 19.1. The predicted octanol–water partition coefficient (Wildman–Crippen LogP) is 3.76. The first-order valence-corrected chi connectivity index (χ1v) is 8.81. The minimum Gasteiger partial charge on any atom is -0.329 e. The van der Waals surface area contributed by atoms with E-state index in [1.165, 1.54) is 49.9 Å². The SMILES string of the molecule is Fc1ccc(Cc2ncc3n2CCN(C2CCCCC2)C3)cc1. The van der Waals surface area contributed by atoms with Gasteiger partial charge in [-0.1, -0.05) is 31.4 Å². The van der Waals surface area contributed by atoms with Gasteiger partial charge in [0, 0.05) is 38.3 Å². The molecule has 2 aromatic rings. The van der Waals surface area contributed by atoms with E-state index in [9.17, 15) is 4.39 Å². The van der Waals surface area contributed by atoms with Crippen molar-refractivity contribution in [1.82, 2.24) is 14.5 Å². The third kappa shape index (κ3) is 3.18. The van der Waals surface area contributed by atoms with Crippen LogP contribution in [0.25, 0.3) is 0 Å². The van der Waals surface area contributed by atoms with Crippen molar-refractivity contribution < 1.29 is 4.39 Å². The molecule has 122 valence electrons. The van der Waals surface area contributed by atoms with Crippen LogP contribution in [-0.4, -0.2) is 27.0 Å². The summed E-state index contributed by atoms with van der Waals surface area (Å²) < 4.78 is 15.4. The second kappa shape index (κ2) is 6.44. The number of imidazole rings is 1. The normalized spacial score (nSPS) is 19.7. The molecule has 4 heteroatoms. The van der Waals surface area contributed by atoms with Crippen LogP contribution >= 0.6 is 0 Å². The minimum atomic E-state index is -0.179. The number of halogens is 1. The molecule has 1 aliphatic carbocycles. The van der Waals surface area contributed by atoms with Crippen LogP contribution in [0.1, 0.15) is 49.2 Å². The number of hydrogen-bond donors (Lipinski definition) is 0. The van der Waals surface area contributed by atoms with Crippen molar-refractivity contribution in [2.75, 3.05) is 6.54 Å². The van der Waals surface area contributed by atoms with Gasteiger partial charge in [-0.3, -0.25) is 4.90 Å². The lowest BCUT2D eigenvalue weighted by molar-refractivity contribution is 0.123. The summed E-state index contributed by atoms with van der Waals surface area (Å²) in [6, 6.07) is 7.54. The van der Waals surface area contributed by atoms with Crippen LogP contribution < -0.4 is 0 Å². The molecular formula is C19H24FN3. The van der Waals surface area contributed by atoms with Gasteiger partial charge in [0.05, 0.1) is 5.69 Å². The van der Waals surface area contributed by atoms with Crippen molar-refractivity contribution in [2.24, 2.45) is 0 Å². The molecule has 1 saturated carbocycles. The van der Waals surface area contributed by atoms with Gasteiger partial charge in [-0.05, 0) is 30.5 Å². The maximum atomic E-state index is 13.0. The summed E-state index contributed by atoms with van der Waals surface area (Å²) in [4.78, 5) is 7.29. The van der Waals surface area contributed by atoms with Crippen molar-refractivity contribution in [2.45, 2.75) is 57.7 Å². The van der Waals surface area contributed by atoms with E-state index in [1.807, 2.05) is 18.3 Å². The highest BCUT2D eigenvalue weighted by Crippen LogP contribution is 2.26. The summed E-state index contributed by atoms with van der Waals surface area (Å²) in [5.41, 5.74) is 2.45. The number of rotatable bonds is 3. The molecule has 1 aromatic carbocycles. The third-order valence-corrected chi connectivity index (χ3v) is 5.36. The molecule has 2 aliphatic rings. The van der Waals surface area contributed by atoms with Crippen molar-refractivity contribution in [3.05, 3.63) is 53.4 Å². The second-order valence-electron chi connectivity index (χ2n) is 6.88. The molecule has 0 saturated heterocycles. The zero-order valence-corrected chi connectivity index (χ0v) is 13.5. The average Bonchev–Trinajstić information content (AvgIpc) is 3.00. The Hall–Kier alpha value is -1.68. The van der Waals surface area contributed by atoms with Crippen LogP contribution in [0, 0.1) is 5.82 Å². The molecule has 0 atom stereocenters. The van der Waals surface area contributed by atoms with Gasteiger partial charge >= 0.3 is 0 Å². The second-order valence-corrected chi connectivity index (χ2v) is 6.88. The zero-order chi connectivity index (χ0) is 15.6. The molecule has 4 rings (SSSR count). The summed E-state index contributed by atoms with van der Waals surface area (Å²) in [5, 5.41) is 0. The molecule has 1 aliphatic heterocycles. The molecule has 3 nitrogen and oxygen atoms in total. The van der Waals surface area contributed by atoms with Crippen LogP contribution in [0.15, 0.2) is 30.5 Å². The molecule has 23 heavy (non-hydrogen) atoms. The summed E-state index contributed by atoms with van der Waals surface area (Å²) in [5.74, 6) is 0.928. The highest BCUT2D eigenvalue weighted by Gasteiger charge is 2.26. The fourth-order valence-corrected chi connectivity index (χ4v) is 4.05. The highest BCUT2D eigenvalue weighted by molar-refractivity contribution is 5.22. The molecular weight excluding hydrogens is 289 g/mol. The predicted molar refractivity (Wildman–Crippen MR) is 88.7 cm³/mol. The quantitative estimate of drug-likeness (QED) is 0.860. The van der Waals surface area contributed by atoms with Crippen molar-refractivity contribution in [1.29, 1.82) is 0 Å². The van der Waals surface area contributed by atoms with E-state index in [4.69, 9.17) is 0 Å². The van der Waals surface area contributed by atoms with Crippen molar-refractivity contribution >= 4 is 0 Å². The fourth-order valence-electron chi connectivity index (χ4n) is 4.05. The molecule has 0 unspecified atom stereocenters. The zero-order valence-electron chi connectivity index (χ0n) is 13.5. The van der Waals surface area contributed by atoms with Gasteiger partial charge in [0.15, 0.2) is 0 Å². The van der Waals surface area contributed by atoms with E-state index in [0.717, 1.165) is 43.5 Å². The smallest absolute Gasteiger partial charge is 0.123 e. The first-order chi connectivity index (χ1) is 11.3. The lowest BCUT2D eigenvalue weighted by Gasteiger charge is -2.37. The topological polar surface area (TPSA) is 21.1 Å². The number of fused-ring (bicyclic) bond motifs is 1. The summed E-state index contributed by atoms with van der Waals surface area (Å²) >= 11 is 0. The van der Waals surface area contributed by atoms with Gasteiger partial charge in [-0.25, -0.2) is 9.37 Å². The van der Waals surface area contributed by atoms with Crippen LogP contribution in [0.5, 0.6) is 0 Å². The monoisotopic (exact) mass is 313 g/mol. The van der Waals surface area contributed by atoms with Crippen molar-refractivity contribution in [3.63, 3.8) is 0 Å². The van der Waals surface area contributed by atoms with Gasteiger partial charge in [0.25, 0.3) is 0 Å². The Kier molecular flexibility index (Phi) is 4.17. The minimum absolute atomic E-state index is 0.179. The van der Waals surface area contributed by atoms with E-state index < -0.39 is 0 Å². The maximum absolute atomic E-state index is 13.0. The Balaban J connectivity index is 1.47. The van der Waals surface area contributed by atoms with Gasteiger partial charge in [0.1, 0.15) is 11.6 Å². The number of nitrogens with zero attached hydrogens (tertiary/aromatic N) is 3. The van der Waals surface area contributed by atoms with E-state index in [1.54, 1.807) is 0 Å². The van der Waals surface area contributed by atoms with Crippen LogP contribution in [0.4, 0.5) is 4.39 Å². The Morgan fingerprint density at radius 3 is 2.61 bits per heavy atom. The van der Waals surface area contributed by atoms with Crippen LogP contribution in [-0.2, 0) is 19.5 Å². The molecule has 0 spiro atoms. The molecule has 1 aromatic heterocycles. The number of benzene rings is 1. The average molecular weight is 313 g/mol. The third-order valence-electron chi connectivity index (χ3n) is 5.36. The van der Waals surface area contributed by atoms with E-state index in [0.29, 0.717) is 0 Å². The van der Waals surface area contributed by atoms with E-state index >= 15 is 0 Å². The van der Waals surface area contributed by atoms with Crippen molar-refractivity contribution in [3.8, 4) is 0 Å². The molecule has 1 fully saturated rings. The van der Waals surface area contributed by atoms with E-state index in [2.05, 4.69) is 14.5 Å². The number of hydrogen-bond acceptors (Lipinski definition) is 2. The van der Waals surface area contributed by atoms with E-state index in [-0.39, 0.29) is 5.82 Å². The lowest BCUT2D eigenvalue weighted by atomic mass is 9.94. The van der Waals surface area contributed by atoms with Gasteiger partial charge < -0.3 is 4.57 Å². The summed E-state index contributed by atoms with van der Waals surface area (Å²) in [6.07, 6.45) is 9.71. The Labute approximate surface area is 137 Å². The fraction of sp³-hybridized carbons (Fsp3) is 0.526. The molecule has 0 N–H and O–H groups in total. The molecule has 0 bridgehead atoms. The Morgan fingerprint density at radius 2 is 1.83 bits per heavy atom. The number of aromatic nitrogens is 2.